The number of nitrogens with zero attached hydrogens (tertiary/aromatic N) is 4. The number of ether oxygens (including phenoxy) is 2. The molecule has 0 saturated carbocycles. The number of fused-ring (bicyclic) bond motifs is 3. The summed E-state index contributed by atoms with van der Waals surface area (Å²) in [6.07, 6.45) is 1.26. The Labute approximate surface area is 186 Å². The summed E-state index contributed by atoms with van der Waals surface area (Å²) in [5.74, 6) is -1.97. The minimum absolute atomic E-state index is 0.0348. The van der Waals surface area contributed by atoms with Crippen molar-refractivity contribution in [3.05, 3.63) is 71.1 Å². The lowest BCUT2D eigenvalue weighted by Gasteiger charge is -2.18. The third-order valence-electron chi connectivity index (χ3n) is 5.49. The molecule has 4 aromatic rings. The fourth-order valence-electron chi connectivity index (χ4n) is 3.97. The Morgan fingerprint density at radius 1 is 0.939 bits per heavy atom. The van der Waals surface area contributed by atoms with E-state index in [1.165, 1.54) is 31.2 Å². The van der Waals surface area contributed by atoms with Crippen LogP contribution >= 0.6 is 0 Å². The van der Waals surface area contributed by atoms with Crippen LogP contribution in [0.3, 0.4) is 0 Å². The lowest BCUT2D eigenvalue weighted by atomic mass is 10.1. The second-order valence-corrected chi connectivity index (χ2v) is 7.32. The molecule has 10 heteroatoms. The summed E-state index contributed by atoms with van der Waals surface area (Å²) in [5.41, 5.74) is 0.936. The summed E-state index contributed by atoms with van der Waals surface area (Å²) >= 11 is 0. The summed E-state index contributed by atoms with van der Waals surface area (Å²) in [4.78, 5) is 32.0. The molecule has 5 rings (SSSR count). The number of rotatable bonds is 4. The van der Waals surface area contributed by atoms with Crippen LogP contribution in [-0.2, 0) is 0 Å². The number of hydrogen-bond donors (Lipinski definition) is 0. The highest BCUT2D eigenvalue weighted by atomic mass is 19.1. The van der Waals surface area contributed by atoms with E-state index in [9.17, 15) is 18.4 Å². The fraction of sp³-hybridized carbons (Fsp3) is 0.130. The van der Waals surface area contributed by atoms with Gasteiger partial charge in [0.15, 0.2) is 11.5 Å². The summed E-state index contributed by atoms with van der Waals surface area (Å²) in [7, 11) is 2.91. The molecule has 8 nitrogen and oxygen atoms in total. The number of imide groups is 1. The molecule has 1 aliphatic rings. The van der Waals surface area contributed by atoms with E-state index in [0.29, 0.717) is 16.8 Å². The van der Waals surface area contributed by atoms with E-state index in [2.05, 4.69) is 10.1 Å². The standard InChI is InChI=1S/C23H16F2N4O4/c1-11-19-20-14(10-26-21(19)29(27-11)16-6-4-12(24)8-15(16)25)22(30)28(23(20)31)17-7-5-13(32-2)9-18(17)33-3/h4-10H,1-3H3. The molecule has 0 unspecified atom stereocenters. The monoisotopic (exact) mass is 450 g/mol. The van der Waals surface area contributed by atoms with E-state index < -0.39 is 23.4 Å². The number of carbonyl (C=O) groups is 2. The van der Waals surface area contributed by atoms with Crippen LogP contribution in [0.15, 0.2) is 42.6 Å². The number of aromatic nitrogens is 3. The van der Waals surface area contributed by atoms with Crippen LogP contribution < -0.4 is 14.4 Å². The van der Waals surface area contributed by atoms with Crippen molar-refractivity contribution in [3.63, 3.8) is 0 Å². The fourth-order valence-corrected chi connectivity index (χ4v) is 3.97. The largest absolute Gasteiger partial charge is 0.497 e. The molecular weight excluding hydrogens is 434 g/mol. The number of aryl methyl sites for hydroxylation is 1. The average Bonchev–Trinajstić information content (AvgIpc) is 3.27. The third-order valence-corrected chi connectivity index (χ3v) is 5.49. The molecule has 33 heavy (non-hydrogen) atoms. The van der Waals surface area contributed by atoms with E-state index in [4.69, 9.17) is 9.47 Å². The van der Waals surface area contributed by atoms with Gasteiger partial charge in [-0.15, -0.1) is 0 Å². The van der Waals surface area contributed by atoms with Crippen LogP contribution in [0.5, 0.6) is 11.5 Å². The van der Waals surface area contributed by atoms with Crippen LogP contribution in [-0.4, -0.2) is 40.8 Å². The maximum absolute atomic E-state index is 14.4. The normalized spacial score (nSPS) is 13.1. The molecule has 2 amide bonds. The average molecular weight is 450 g/mol. The lowest BCUT2D eigenvalue weighted by Crippen LogP contribution is -2.29. The van der Waals surface area contributed by atoms with Crippen LogP contribution in [0, 0.1) is 18.6 Å². The van der Waals surface area contributed by atoms with Gasteiger partial charge >= 0.3 is 0 Å². The first-order valence-electron chi connectivity index (χ1n) is 9.80. The van der Waals surface area contributed by atoms with Crippen LogP contribution in [0.2, 0.25) is 0 Å². The van der Waals surface area contributed by atoms with Gasteiger partial charge in [0.25, 0.3) is 11.8 Å². The first-order chi connectivity index (χ1) is 15.8. The van der Waals surface area contributed by atoms with Gasteiger partial charge in [-0.2, -0.15) is 5.10 Å². The Hall–Kier alpha value is -4.34. The van der Waals surface area contributed by atoms with Crippen LogP contribution in [0.1, 0.15) is 26.4 Å². The number of hydrogen-bond acceptors (Lipinski definition) is 6. The van der Waals surface area contributed by atoms with Crippen molar-refractivity contribution in [2.24, 2.45) is 0 Å². The van der Waals surface area contributed by atoms with Gasteiger partial charge in [-0.3, -0.25) is 9.59 Å². The minimum Gasteiger partial charge on any atom is -0.497 e. The molecule has 0 spiro atoms. The molecule has 0 atom stereocenters. The van der Waals surface area contributed by atoms with Gasteiger partial charge in [-0.1, -0.05) is 0 Å². The smallest absolute Gasteiger partial charge is 0.267 e. The van der Waals surface area contributed by atoms with Gasteiger partial charge in [0.2, 0.25) is 0 Å². The van der Waals surface area contributed by atoms with Gasteiger partial charge in [0.05, 0.1) is 42.1 Å². The van der Waals surface area contributed by atoms with Crippen molar-refractivity contribution in [3.8, 4) is 17.2 Å². The predicted molar refractivity (Wildman–Crippen MR) is 114 cm³/mol. The Bertz CT molecular complexity index is 1480. The second kappa shape index (κ2) is 7.37. The van der Waals surface area contributed by atoms with Gasteiger partial charge < -0.3 is 9.47 Å². The molecular formula is C23H16F2N4O4. The Morgan fingerprint density at radius 2 is 1.70 bits per heavy atom. The van der Waals surface area contributed by atoms with E-state index in [1.807, 2.05) is 0 Å². The zero-order valence-corrected chi connectivity index (χ0v) is 17.7. The number of amides is 2. The summed E-state index contributed by atoms with van der Waals surface area (Å²) in [5, 5.41) is 4.62. The first-order valence-corrected chi connectivity index (χ1v) is 9.80. The predicted octanol–water partition coefficient (Wildman–Crippen LogP) is 3.82. The van der Waals surface area contributed by atoms with E-state index in [0.717, 1.165) is 17.0 Å². The zero-order chi connectivity index (χ0) is 23.4. The molecule has 2 aromatic heterocycles. The van der Waals surface area contributed by atoms with Gasteiger partial charge in [-0.05, 0) is 31.2 Å². The molecule has 3 heterocycles. The third kappa shape index (κ3) is 2.94. The lowest BCUT2D eigenvalue weighted by molar-refractivity contribution is 0.0925. The zero-order valence-electron chi connectivity index (χ0n) is 17.7. The molecule has 0 saturated heterocycles. The molecule has 2 aromatic carbocycles. The quantitative estimate of drug-likeness (QED) is 0.440. The first kappa shape index (κ1) is 20.6. The van der Waals surface area contributed by atoms with E-state index in [1.54, 1.807) is 25.1 Å². The highest BCUT2D eigenvalue weighted by Crippen LogP contribution is 2.39. The molecule has 0 N–H and O–H groups in total. The Balaban J connectivity index is 1.70. The number of halogens is 2. The Kier molecular flexibility index (Phi) is 4.59. The molecule has 166 valence electrons. The topological polar surface area (TPSA) is 86.5 Å². The Morgan fingerprint density at radius 3 is 2.39 bits per heavy atom. The van der Waals surface area contributed by atoms with Crippen molar-refractivity contribution in [2.45, 2.75) is 6.92 Å². The van der Waals surface area contributed by atoms with Gasteiger partial charge in [-0.25, -0.2) is 23.3 Å². The van der Waals surface area contributed by atoms with Gasteiger partial charge in [0, 0.05) is 18.3 Å². The molecule has 0 radical (unpaired) electrons. The maximum atomic E-state index is 14.4. The number of pyridine rings is 1. The number of carbonyl (C=O) groups excluding carboxylic acids is 2. The summed E-state index contributed by atoms with van der Waals surface area (Å²) < 4.78 is 39.5. The maximum Gasteiger partial charge on any atom is 0.267 e. The highest BCUT2D eigenvalue weighted by Gasteiger charge is 2.41. The van der Waals surface area contributed by atoms with E-state index in [-0.39, 0.29) is 33.9 Å². The molecule has 0 aliphatic carbocycles. The van der Waals surface area contributed by atoms with Crippen molar-refractivity contribution in [1.29, 1.82) is 0 Å². The molecule has 1 aliphatic heterocycles. The number of benzene rings is 2. The molecule has 0 fully saturated rings. The summed E-state index contributed by atoms with van der Waals surface area (Å²) in [6.45, 7) is 1.62. The SMILES string of the molecule is COc1ccc(N2C(=O)c3cnc4c(c(C)nn4-c4ccc(F)cc4F)c3C2=O)c(OC)c1. The number of anilines is 1. The van der Waals surface area contributed by atoms with Crippen molar-refractivity contribution >= 4 is 28.5 Å². The highest BCUT2D eigenvalue weighted by molar-refractivity contribution is 6.37. The van der Waals surface area contributed by atoms with Gasteiger partial charge in [0.1, 0.15) is 23.0 Å². The van der Waals surface area contributed by atoms with Crippen molar-refractivity contribution in [1.82, 2.24) is 14.8 Å². The van der Waals surface area contributed by atoms with E-state index >= 15 is 0 Å². The summed E-state index contributed by atoms with van der Waals surface area (Å²) in [6, 6.07) is 7.78. The van der Waals surface area contributed by atoms with Crippen LogP contribution in [0.4, 0.5) is 14.5 Å². The van der Waals surface area contributed by atoms with Crippen LogP contribution in [0.25, 0.3) is 16.7 Å². The van der Waals surface area contributed by atoms with Crippen molar-refractivity contribution < 1.29 is 27.8 Å². The minimum atomic E-state index is -0.839. The molecule has 0 bridgehead atoms. The number of methoxy groups -OCH3 is 2. The van der Waals surface area contributed by atoms with Crippen molar-refractivity contribution in [2.75, 3.05) is 19.1 Å². The second-order valence-electron chi connectivity index (χ2n) is 7.32.